The summed E-state index contributed by atoms with van der Waals surface area (Å²) in [4.78, 5) is 11.1. The number of hydrogen-bond acceptors (Lipinski definition) is 4. The molecule has 2 bridgehead atoms. The van der Waals surface area contributed by atoms with Crippen molar-refractivity contribution in [1.29, 1.82) is 0 Å². The van der Waals surface area contributed by atoms with Crippen LogP contribution < -0.4 is 15.5 Å². The van der Waals surface area contributed by atoms with Crippen LogP contribution in [0.2, 0.25) is 5.02 Å². The minimum Gasteiger partial charge on any atom is -0.360 e. The van der Waals surface area contributed by atoms with Gasteiger partial charge in [-0.15, -0.1) is 0 Å². The Morgan fingerprint density at radius 1 is 1.27 bits per heavy atom. The highest BCUT2D eigenvalue weighted by molar-refractivity contribution is 7.80. The Morgan fingerprint density at radius 2 is 2.04 bits per heavy atom. The maximum atomic E-state index is 6.48. The van der Waals surface area contributed by atoms with Crippen molar-refractivity contribution < 1.29 is 0 Å². The van der Waals surface area contributed by atoms with Crippen LogP contribution in [0, 0.1) is 6.92 Å². The van der Waals surface area contributed by atoms with Gasteiger partial charge in [-0.05, 0) is 68.6 Å². The predicted octanol–water partition coefficient (Wildman–Crippen LogP) is 3.92. The summed E-state index contributed by atoms with van der Waals surface area (Å²) in [6.45, 7) is 2.02. The first kappa shape index (κ1) is 17.5. The molecular formula is C19H22ClN5S. The van der Waals surface area contributed by atoms with E-state index in [1.54, 1.807) is 12.4 Å². The molecule has 2 unspecified atom stereocenters. The lowest BCUT2D eigenvalue weighted by atomic mass is 9.97. The Hall–Kier alpha value is -1.92. The first-order chi connectivity index (χ1) is 12.6. The summed E-state index contributed by atoms with van der Waals surface area (Å²) in [5.74, 6) is 0.930. The van der Waals surface area contributed by atoms with E-state index < -0.39 is 0 Å². The summed E-state index contributed by atoms with van der Waals surface area (Å²) >= 11 is 12.0. The molecule has 2 saturated heterocycles. The Bertz CT molecular complexity index is 786. The standard InChI is InChI=1S/C19H22ClN5S/c1-12-7-17(20)18(22-10-12)25-15-4-5-16(25)9-14(8-15)24-19(26)23-13-3-2-6-21-11-13/h2-3,6-7,10-11,14-16H,4-5,8-9H2,1H3,(H2,23,24,26). The molecule has 4 heterocycles. The van der Waals surface area contributed by atoms with Crippen LogP contribution in [-0.2, 0) is 0 Å². The molecule has 0 saturated carbocycles. The van der Waals surface area contributed by atoms with Crippen LogP contribution in [0.4, 0.5) is 11.5 Å². The van der Waals surface area contributed by atoms with Crippen molar-refractivity contribution in [3.8, 4) is 0 Å². The number of pyridine rings is 2. The van der Waals surface area contributed by atoms with Gasteiger partial charge < -0.3 is 15.5 Å². The second-order valence-electron chi connectivity index (χ2n) is 7.12. The third-order valence-corrected chi connectivity index (χ3v) is 5.69. The summed E-state index contributed by atoms with van der Waals surface area (Å²) in [5.41, 5.74) is 2.00. The number of aryl methyl sites for hydroxylation is 1. The highest BCUT2D eigenvalue weighted by Gasteiger charge is 2.42. The molecule has 2 aromatic heterocycles. The van der Waals surface area contributed by atoms with E-state index in [4.69, 9.17) is 23.8 Å². The molecule has 26 heavy (non-hydrogen) atoms. The van der Waals surface area contributed by atoms with Gasteiger partial charge >= 0.3 is 0 Å². The third-order valence-electron chi connectivity index (χ3n) is 5.19. The second kappa shape index (κ2) is 7.37. The van der Waals surface area contributed by atoms with Crippen molar-refractivity contribution in [3.63, 3.8) is 0 Å². The monoisotopic (exact) mass is 387 g/mol. The fraction of sp³-hybridized carbons (Fsp3) is 0.421. The molecule has 2 aliphatic heterocycles. The van der Waals surface area contributed by atoms with Gasteiger partial charge in [-0.3, -0.25) is 4.98 Å². The molecule has 0 spiro atoms. The van der Waals surface area contributed by atoms with Gasteiger partial charge in [-0.25, -0.2) is 4.98 Å². The van der Waals surface area contributed by atoms with Crippen molar-refractivity contribution >= 4 is 40.4 Å². The van der Waals surface area contributed by atoms with E-state index in [0.717, 1.165) is 34.9 Å². The highest BCUT2D eigenvalue weighted by atomic mass is 35.5. The molecule has 0 radical (unpaired) electrons. The number of fused-ring (bicyclic) bond motifs is 2. The van der Waals surface area contributed by atoms with Gasteiger partial charge in [0, 0.05) is 30.5 Å². The van der Waals surface area contributed by atoms with Crippen LogP contribution in [-0.4, -0.2) is 33.2 Å². The van der Waals surface area contributed by atoms with Crippen molar-refractivity contribution in [2.75, 3.05) is 10.2 Å². The zero-order valence-corrected chi connectivity index (χ0v) is 16.2. The number of anilines is 2. The Morgan fingerprint density at radius 3 is 2.69 bits per heavy atom. The van der Waals surface area contributed by atoms with Gasteiger partial charge in [0.1, 0.15) is 5.82 Å². The smallest absolute Gasteiger partial charge is 0.171 e. The quantitative estimate of drug-likeness (QED) is 0.778. The van der Waals surface area contributed by atoms with Gasteiger partial charge in [0.15, 0.2) is 5.11 Å². The first-order valence-corrected chi connectivity index (χ1v) is 9.77. The fourth-order valence-corrected chi connectivity index (χ4v) is 4.75. The molecule has 5 nitrogen and oxygen atoms in total. The minimum atomic E-state index is 0.365. The first-order valence-electron chi connectivity index (χ1n) is 8.98. The van der Waals surface area contributed by atoms with Crippen LogP contribution in [0.25, 0.3) is 0 Å². The number of aromatic nitrogens is 2. The van der Waals surface area contributed by atoms with Crippen LogP contribution in [0.5, 0.6) is 0 Å². The van der Waals surface area contributed by atoms with E-state index in [0.29, 0.717) is 23.2 Å². The molecule has 2 aliphatic rings. The molecule has 2 aromatic rings. The van der Waals surface area contributed by atoms with Gasteiger partial charge in [-0.1, -0.05) is 11.6 Å². The molecule has 2 N–H and O–H groups in total. The van der Waals surface area contributed by atoms with Crippen LogP contribution in [0.1, 0.15) is 31.2 Å². The molecule has 2 fully saturated rings. The van der Waals surface area contributed by atoms with E-state index in [9.17, 15) is 0 Å². The van der Waals surface area contributed by atoms with E-state index in [1.165, 1.54) is 12.8 Å². The molecule has 2 atom stereocenters. The lowest BCUT2D eigenvalue weighted by Gasteiger charge is -2.40. The molecule has 0 amide bonds. The highest BCUT2D eigenvalue weighted by Crippen LogP contribution is 2.41. The third kappa shape index (κ3) is 3.62. The molecule has 0 aromatic carbocycles. The van der Waals surface area contributed by atoms with Gasteiger partial charge in [-0.2, -0.15) is 0 Å². The largest absolute Gasteiger partial charge is 0.360 e. The predicted molar refractivity (Wildman–Crippen MR) is 110 cm³/mol. The van der Waals surface area contributed by atoms with Crippen molar-refractivity contribution in [2.45, 2.75) is 50.7 Å². The average molecular weight is 388 g/mol. The normalized spacial score (nSPS) is 24.4. The van der Waals surface area contributed by atoms with Crippen LogP contribution in [0.3, 0.4) is 0 Å². The van der Waals surface area contributed by atoms with Gasteiger partial charge in [0.2, 0.25) is 0 Å². The van der Waals surface area contributed by atoms with E-state index in [-0.39, 0.29) is 0 Å². The Kier molecular flexibility index (Phi) is 4.96. The number of hydrogen-bond donors (Lipinski definition) is 2. The number of halogens is 1. The zero-order valence-electron chi connectivity index (χ0n) is 14.7. The summed E-state index contributed by atoms with van der Waals surface area (Å²) in [6.07, 6.45) is 9.85. The lowest BCUT2D eigenvalue weighted by molar-refractivity contribution is 0.389. The maximum absolute atomic E-state index is 6.48. The molecule has 0 aliphatic carbocycles. The minimum absolute atomic E-state index is 0.365. The second-order valence-corrected chi connectivity index (χ2v) is 7.93. The van der Waals surface area contributed by atoms with Crippen molar-refractivity contribution in [3.05, 3.63) is 47.4 Å². The Labute approximate surface area is 164 Å². The molecule has 7 heteroatoms. The van der Waals surface area contributed by atoms with Gasteiger partial charge in [0.05, 0.1) is 16.9 Å². The lowest BCUT2D eigenvalue weighted by Crippen LogP contribution is -2.51. The summed E-state index contributed by atoms with van der Waals surface area (Å²) in [6, 6.07) is 7.13. The SMILES string of the molecule is Cc1cnc(N2C3CCC2CC(NC(=S)Nc2cccnc2)C3)c(Cl)c1. The summed E-state index contributed by atoms with van der Waals surface area (Å²) in [7, 11) is 0. The fourth-order valence-electron chi connectivity index (χ4n) is 4.15. The van der Waals surface area contributed by atoms with Crippen LogP contribution >= 0.6 is 23.8 Å². The van der Waals surface area contributed by atoms with E-state index >= 15 is 0 Å². The zero-order chi connectivity index (χ0) is 18.1. The number of rotatable bonds is 3. The van der Waals surface area contributed by atoms with Crippen molar-refractivity contribution in [2.24, 2.45) is 0 Å². The summed E-state index contributed by atoms with van der Waals surface area (Å²) in [5, 5.41) is 8.09. The van der Waals surface area contributed by atoms with Crippen LogP contribution in [0.15, 0.2) is 36.8 Å². The number of nitrogens with one attached hydrogen (secondary N) is 2. The number of piperidine rings is 1. The molecular weight excluding hydrogens is 366 g/mol. The topological polar surface area (TPSA) is 53.1 Å². The number of thiocarbonyl (C=S) groups is 1. The van der Waals surface area contributed by atoms with Gasteiger partial charge in [0.25, 0.3) is 0 Å². The number of nitrogens with zero attached hydrogens (tertiary/aromatic N) is 3. The van der Waals surface area contributed by atoms with E-state index in [2.05, 4.69) is 25.5 Å². The molecule has 136 valence electrons. The summed E-state index contributed by atoms with van der Waals surface area (Å²) < 4.78 is 0. The van der Waals surface area contributed by atoms with Crippen molar-refractivity contribution in [1.82, 2.24) is 15.3 Å². The molecule has 4 rings (SSSR count). The maximum Gasteiger partial charge on any atom is 0.171 e. The Balaban J connectivity index is 1.41. The van der Waals surface area contributed by atoms with E-state index in [1.807, 2.05) is 31.3 Å². The average Bonchev–Trinajstić information content (AvgIpc) is 2.86.